The Morgan fingerprint density at radius 1 is 1.40 bits per heavy atom. The molecule has 1 aromatic heterocycles. The summed E-state index contributed by atoms with van der Waals surface area (Å²) in [5.74, 6) is 0.552. The molecule has 0 aliphatic carbocycles. The minimum Gasteiger partial charge on any atom is -0.369 e. The predicted molar refractivity (Wildman–Crippen MR) is 86.2 cm³/mol. The minimum atomic E-state index is -0.0869. The topological polar surface area (TPSA) is 57.3 Å². The molecule has 0 saturated carbocycles. The standard InChI is InChI=1S/C14H23BrN4O/c1-4-6-16-13-12(9-11(15)10-18-13)14(20)17-7-5-8-19(2)3/h9-10H,4-8H2,1-3H3,(H,16,18)(H,17,20). The lowest BCUT2D eigenvalue weighted by Crippen LogP contribution is -2.28. The van der Waals surface area contributed by atoms with Crippen molar-refractivity contribution in [2.75, 3.05) is 39.0 Å². The first-order chi connectivity index (χ1) is 9.54. The molecule has 0 aliphatic rings. The highest BCUT2D eigenvalue weighted by molar-refractivity contribution is 9.10. The van der Waals surface area contributed by atoms with Gasteiger partial charge in [-0.2, -0.15) is 0 Å². The first-order valence-corrected chi connectivity index (χ1v) is 7.66. The molecule has 0 unspecified atom stereocenters. The van der Waals surface area contributed by atoms with Gasteiger partial charge in [-0.3, -0.25) is 4.79 Å². The molecule has 5 nitrogen and oxygen atoms in total. The monoisotopic (exact) mass is 342 g/mol. The van der Waals surface area contributed by atoms with Crippen LogP contribution in [0.3, 0.4) is 0 Å². The number of halogens is 1. The number of hydrogen-bond donors (Lipinski definition) is 2. The fourth-order valence-corrected chi connectivity index (χ4v) is 2.02. The van der Waals surface area contributed by atoms with Gasteiger partial charge in [-0.05, 0) is 55.5 Å². The van der Waals surface area contributed by atoms with E-state index < -0.39 is 0 Å². The van der Waals surface area contributed by atoms with Crippen LogP contribution in [-0.4, -0.2) is 49.5 Å². The Balaban J connectivity index is 2.63. The van der Waals surface area contributed by atoms with Crippen LogP contribution >= 0.6 is 15.9 Å². The summed E-state index contributed by atoms with van der Waals surface area (Å²) in [5.41, 5.74) is 0.581. The van der Waals surface area contributed by atoms with Crippen molar-refractivity contribution in [2.45, 2.75) is 19.8 Å². The Labute approximate surface area is 129 Å². The van der Waals surface area contributed by atoms with E-state index in [-0.39, 0.29) is 5.91 Å². The SMILES string of the molecule is CCCNc1ncc(Br)cc1C(=O)NCCCN(C)C. The summed E-state index contributed by atoms with van der Waals surface area (Å²) >= 11 is 3.36. The van der Waals surface area contributed by atoms with Gasteiger partial charge in [-0.15, -0.1) is 0 Å². The second-order valence-electron chi connectivity index (χ2n) is 4.89. The summed E-state index contributed by atoms with van der Waals surface area (Å²) in [6, 6.07) is 1.80. The Hall–Kier alpha value is -1.14. The predicted octanol–water partition coefficient (Wildman–Crippen LogP) is 2.35. The molecule has 0 aromatic carbocycles. The van der Waals surface area contributed by atoms with Gasteiger partial charge in [-0.1, -0.05) is 6.92 Å². The molecule has 1 amide bonds. The van der Waals surface area contributed by atoms with Crippen LogP contribution in [0.25, 0.3) is 0 Å². The molecule has 6 heteroatoms. The van der Waals surface area contributed by atoms with Gasteiger partial charge in [0.2, 0.25) is 0 Å². The van der Waals surface area contributed by atoms with E-state index >= 15 is 0 Å². The highest BCUT2D eigenvalue weighted by Gasteiger charge is 2.12. The Morgan fingerprint density at radius 3 is 2.80 bits per heavy atom. The largest absolute Gasteiger partial charge is 0.369 e. The van der Waals surface area contributed by atoms with Gasteiger partial charge in [0.15, 0.2) is 0 Å². The number of carbonyl (C=O) groups excluding carboxylic acids is 1. The van der Waals surface area contributed by atoms with E-state index in [9.17, 15) is 4.79 Å². The molecule has 2 N–H and O–H groups in total. The van der Waals surface area contributed by atoms with Crippen LogP contribution in [0.5, 0.6) is 0 Å². The van der Waals surface area contributed by atoms with Crippen LogP contribution in [0.4, 0.5) is 5.82 Å². The van der Waals surface area contributed by atoms with Crippen molar-refractivity contribution in [3.63, 3.8) is 0 Å². The zero-order valence-corrected chi connectivity index (χ0v) is 14.0. The van der Waals surface area contributed by atoms with Crippen LogP contribution in [0.1, 0.15) is 30.1 Å². The maximum absolute atomic E-state index is 12.2. The molecule has 0 atom stereocenters. The van der Waals surface area contributed by atoms with E-state index in [4.69, 9.17) is 0 Å². The second-order valence-corrected chi connectivity index (χ2v) is 5.80. The zero-order chi connectivity index (χ0) is 15.0. The number of amides is 1. The molecule has 0 aliphatic heterocycles. The highest BCUT2D eigenvalue weighted by atomic mass is 79.9. The Morgan fingerprint density at radius 2 is 2.15 bits per heavy atom. The van der Waals surface area contributed by atoms with Crippen LogP contribution in [0.15, 0.2) is 16.7 Å². The molecule has 1 heterocycles. The summed E-state index contributed by atoms with van der Waals surface area (Å²) in [4.78, 5) is 18.6. The van der Waals surface area contributed by atoms with Gasteiger partial charge in [0.25, 0.3) is 5.91 Å². The minimum absolute atomic E-state index is 0.0869. The van der Waals surface area contributed by atoms with E-state index in [0.717, 1.165) is 30.4 Å². The van der Waals surface area contributed by atoms with Crippen molar-refractivity contribution in [1.82, 2.24) is 15.2 Å². The van der Waals surface area contributed by atoms with Crippen LogP contribution in [0, 0.1) is 0 Å². The zero-order valence-electron chi connectivity index (χ0n) is 12.4. The number of nitrogens with one attached hydrogen (secondary N) is 2. The molecular formula is C14H23BrN4O. The lowest BCUT2D eigenvalue weighted by molar-refractivity contribution is 0.0952. The molecule has 1 aromatic rings. The number of nitrogens with zero attached hydrogens (tertiary/aromatic N) is 2. The highest BCUT2D eigenvalue weighted by Crippen LogP contribution is 2.18. The lowest BCUT2D eigenvalue weighted by atomic mass is 10.2. The van der Waals surface area contributed by atoms with Crippen molar-refractivity contribution in [1.29, 1.82) is 0 Å². The van der Waals surface area contributed by atoms with E-state index in [1.165, 1.54) is 0 Å². The normalized spacial score (nSPS) is 10.7. The molecule has 0 saturated heterocycles. The summed E-state index contributed by atoms with van der Waals surface area (Å²) < 4.78 is 0.804. The molecule has 0 bridgehead atoms. The number of rotatable bonds is 8. The first kappa shape index (κ1) is 16.9. The number of anilines is 1. The molecule has 20 heavy (non-hydrogen) atoms. The fraction of sp³-hybridized carbons (Fsp3) is 0.571. The molecule has 0 radical (unpaired) electrons. The summed E-state index contributed by atoms with van der Waals surface area (Å²) in [7, 11) is 4.04. The maximum Gasteiger partial charge on any atom is 0.255 e. The molecular weight excluding hydrogens is 320 g/mol. The summed E-state index contributed by atoms with van der Waals surface area (Å²) in [5, 5.41) is 6.11. The quantitative estimate of drug-likeness (QED) is 0.712. The Bertz CT molecular complexity index is 437. The van der Waals surface area contributed by atoms with E-state index in [1.54, 1.807) is 12.3 Å². The van der Waals surface area contributed by atoms with Crippen molar-refractivity contribution in [3.05, 3.63) is 22.3 Å². The fourth-order valence-electron chi connectivity index (χ4n) is 1.69. The van der Waals surface area contributed by atoms with Gasteiger partial charge >= 0.3 is 0 Å². The number of pyridine rings is 1. The summed E-state index contributed by atoms with van der Waals surface area (Å²) in [6.45, 7) is 4.50. The Kier molecular flexibility index (Phi) is 7.54. The average Bonchev–Trinajstić information content (AvgIpc) is 2.41. The molecule has 112 valence electrons. The van der Waals surface area contributed by atoms with Crippen LogP contribution in [0.2, 0.25) is 0 Å². The third-order valence-electron chi connectivity index (χ3n) is 2.71. The van der Waals surface area contributed by atoms with Crippen molar-refractivity contribution in [2.24, 2.45) is 0 Å². The second kappa shape index (κ2) is 8.92. The van der Waals surface area contributed by atoms with E-state index in [0.29, 0.717) is 17.9 Å². The van der Waals surface area contributed by atoms with Crippen LogP contribution in [-0.2, 0) is 0 Å². The molecule has 0 fully saturated rings. The third-order valence-corrected chi connectivity index (χ3v) is 3.14. The van der Waals surface area contributed by atoms with Crippen LogP contribution < -0.4 is 10.6 Å². The number of carbonyl (C=O) groups is 1. The summed E-state index contributed by atoms with van der Waals surface area (Å²) in [6.07, 6.45) is 3.61. The van der Waals surface area contributed by atoms with E-state index in [2.05, 4.69) is 43.4 Å². The number of hydrogen-bond acceptors (Lipinski definition) is 4. The van der Waals surface area contributed by atoms with Crippen molar-refractivity contribution >= 4 is 27.7 Å². The van der Waals surface area contributed by atoms with Gasteiger partial charge in [0.05, 0.1) is 5.56 Å². The maximum atomic E-state index is 12.2. The lowest BCUT2D eigenvalue weighted by Gasteiger charge is -2.12. The van der Waals surface area contributed by atoms with Gasteiger partial charge in [-0.25, -0.2) is 4.98 Å². The molecule has 0 spiro atoms. The average molecular weight is 343 g/mol. The molecule has 1 rings (SSSR count). The van der Waals surface area contributed by atoms with Gasteiger partial charge in [0.1, 0.15) is 5.82 Å². The first-order valence-electron chi connectivity index (χ1n) is 6.87. The van der Waals surface area contributed by atoms with Gasteiger partial charge < -0.3 is 15.5 Å². The number of aromatic nitrogens is 1. The smallest absolute Gasteiger partial charge is 0.255 e. The van der Waals surface area contributed by atoms with Crippen molar-refractivity contribution in [3.8, 4) is 0 Å². The van der Waals surface area contributed by atoms with Crippen molar-refractivity contribution < 1.29 is 4.79 Å². The van der Waals surface area contributed by atoms with Gasteiger partial charge in [0, 0.05) is 23.8 Å². The third kappa shape index (κ3) is 5.88. The van der Waals surface area contributed by atoms with E-state index in [1.807, 2.05) is 14.1 Å².